The Kier molecular flexibility index (Phi) is 2.05. The fraction of sp³-hybridized carbons (Fsp3) is 0.231. The number of rotatable bonds is 3. The zero-order valence-electron chi connectivity index (χ0n) is 10.1. The van der Waals surface area contributed by atoms with Crippen LogP contribution in [0.15, 0.2) is 41.2 Å². The second-order valence-corrected chi connectivity index (χ2v) is 4.71. The summed E-state index contributed by atoms with van der Waals surface area (Å²) in [5, 5.41) is 10.5. The van der Waals surface area contributed by atoms with Crippen LogP contribution in [-0.4, -0.2) is 25.3 Å². The Morgan fingerprint density at radius 1 is 1.16 bits per heavy atom. The van der Waals surface area contributed by atoms with Crippen molar-refractivity contribution in [3.8, 4) is 11.6 Å². The minimum absolute atomic E-state index is 0.105. The number of hydrogen-bond acceptors (Lipinski definition) is 5. The highest BCUT2D eigenvalue weighted by atomic mass is 16.5. The third kappa shape index (κ3) is 1.56. The monoisotopic (exact) mass is 253 g/mol. The molecule has 6 nitrogen and oxygen atoms in total. The normalized spacial score (nSPS) is 16.4. The molecule has 1 aromatic carbocycles. The number of benzene rings is 1. The van der Waals surface area contributed by atoms with Crippen molar-refractivity contribution in [2.75, 3.05) is 0 Å². The maximum Gasteiger partial charge on any atom is 0.239 e. The Morgan fingerprint density at radius 2 is 2.00 bits per heavy atom. The second-order valence-electron chi connectivity index (χ2n) is 4.71. The van der Waals surface area contributed by atoms with E-state index in [2.05, 4.69) is 37.5 Å². The molecule has 4 rings (SSSR count). The molecule has 94 valence electrons. The van der Waals surface area contributed by atoms with Gasteiger partial charge in [0.2, 0.25) is 11.7 Å². The molecule has 0 bridgehead atoms. The van der Waals surface area contributed by atoms with Gasteiger partial charge < -0.3 is 4.52 Å². The van der Waals surface area contributed by atoms with Crippen LogP contribution in [-0.2, 0) is 5.41 Å². The quantitative estimate of drug-likeness (QED) is 0.771. The molecule has 6 heteroatoms. The summed E-state index contributed by atoms with van der Waals surface area (Å²) in [5.41, 5.74) is 1.12. The fourth-order valence-electron chi connectivity index (χ4n) is 2.34. The molecule has 2 heterocycles. The lowest BCUT2D eigenvalue weighted by molar-refractivity contribution is 0.360. The van der Waals surface area contributed by atoms with Gasteiger partial charge in [-0.3, -0.25) is 5.10 Å². The number of hydrogen-bond donors (Lipinski definition) is 1. The minimum Gasteiger partial charge on any atom is -0.338 e. The number of H-pyrrole nitrogens is 1. The Labute approximate surface area is 108 Å². The second kappa shape index (κ2) is 3.74. The van der Waals surface area contributed by atoms with Gasteiger partial charge in [0.05, 0.1) is 5.41 Å². The van der Waals surface area contributed by atoms with Crippen molar-refractivity contribution in [1.82, 2.24) is 25.3 Å². The smallest absolute Gasteiger partial charge is 0.239 e. The third-order valence-corrected chi connectivity index (χ3v) is 3.54. The molecular formula is C13H11N5O. The fourth-order valence-corrected chi connectivity index (χ4v) is 2.34. The van der Waals surface area contributed by atoms with Crippen molar-refractivity contribution in [2.45, 2.75) is 18.3 Å². The van der Waals surface area contributed by atoms with Crippen molar-refractivity contribution in [2.24, 2.45) is 0 Å². The van der Waals surface area contributed by atoms with Gasteiger partial charge in [0.1, 0.15) is 6.33 Å². The van der Waals surface area contributed by atoms with Gasteiger partial charge in [0.25, 0.3) is 0 Å². The molecule has 0 saturated heterocycles. The molecular weight excluding hydrogens is 242 g/mol. The molecule has 0 spiro atoms. The highest BCUT2D eigenvalue weighted by Crippen LogP contribution is 2.52. The van der Waals surface area contributed by atoms with Crippen molar-refractivity contribution < 1.29 is 4.52 Å². The van der Waals surface area contributed by atoms with Crippen molar-refractivity contribution in [1.29, 1.82) is 0 Å². The minimum atomic E-state index is -0.105. The summed E-state index contributed by atoms with van der Waals surface area (Å²) in [7, 11) is 0. The molecule has 1 saturated carbocycles. The number of aromatic amines is 1. The molecule has 0 aliphatic heterocycles. The number of nitrogens with one attached hydrogen (secondary N) is 1. The van der Waals surface area contributed by atoms with E-state index in [1.165, 1.54) is 11.9 Å². The van der Waals surface area contributed by atoms with Crippen LogP contribution in [0.1, 0.15) is 24.3 Å². The first-order valence-corrected chi connectivity index (χ1v) is 6.14. The van der Waals surface area contributed by atoms with Crippen LogP contribution in [0.25, 0.3) is 11.6 Å². The standard InChI is InChI=1S/C13H11N5O/c1-2-4-9(5-3-1)13(6-7-13)12-16-11(18-19-12)10-14-8-15-17-10/h1-5,8H,6-7H2,(H,14,15,17). The molecule has 0 unspecified atom stereocenters. The molecule has 0 atom stereocenters. The molecule has 1 aliphatic carbocycles. The number of aromatic nitrogens is 5. The SMILES string of the molecule is c1ccc(C2(c3nc(-c4ncn[nH]4)no3)CC2)cc1. The van der Waals surface area contributed by atoms with E-state index < -0.39 is 0 Å². The van der Waals surface area contributed by atoms with E-state index >= 15 is 0 Å². The topological polar surface area (TPSA) is 80.5 Å². The van der Waals surface area contributed by atoms with E-state index in [4.69, 9.17) is 4.52 Å². The Bertz CT molecular complexity index is 685. The lowest BCUT2D eigenvalue weighted by Gasteiger charge is -2.09. The summed E-state index contributed by atoms with van der Waals surface area (Å²) in [6.07, 6.45) is 3.50. The van der Waals surface area contributed by atoms with E-state index in [1.54, 1.807) is 0 Å². The van der Waals surface area contributed by atoms with Crippen molar-refractivity contribution in [3.63, 3.8) is 0 Å². The van der Waals surface area contributed by atoms with Gasteiger partial charge in [-0.25, -0.2) is 4.98 Å². The summed E-state index contributed by atoms with van der Waals surface area (Å²) in [4.78, 5) is 8.48. The van der Waals surface area contributed by atoms with Crippen LogP contribution >= 0.6 is 0 Å². The molecule has 3 aromatic rings. The maximum atomic E-state index is 5.42. The van der Waals surface area contributed by atoms with Crippen LogP contribution in [0, 0.1) is 0 Å². The summed E-state index contributed by atoms with van der Waals surface area (Å²) in [6.45, 7) is 0. The van der Waals surface area contributed by atoms with Crippen molar-refractivity contribution in [3.05, 3.63) is 48.1 Å². The first-order valence-electron chi connectivity index (χ1n) is 6.14. The van der Waals surface area contributed by atoms with Crippen LogP contribution in [0.4, 0.5) is 0 Å². The predicted molar refractivity (Wildman–Crippen MR) is 66.1 cm³/mol. The Morgan fingerprint density at radius 3 is 2.68 bits per heavy atom. The largest absolute Gasteiger partial charge is 0.338 e. The summed E-state index contributed by atoms with van der Waals surface area (Å²) < 4.78 is 5.42. The zero-order chi connectivity index (χ0) is 12.7. The molecule has 1 N–H and O–H groups in total. The summed E-state index contributed by atoms with van der Waals surface area (Å²) in [5.74, 6) is 1.64. The summed E-state index contributed by atoms with van der Waals surface area (Å²) in [6, 6.07) is 10.3. The molecule has 0 amide bonds. The molecule has 1 fully saturated rings. The van der Waals surface area contributed by atoms with Crippen LogP contribution in [0.5, 0.6) is 0 Å². The average molecular weight is 253 g/mol. The predicted octanol–water partition coefficient (Wildman–Crippen LogP) is 1.93. The first-order chi connectivity index (χ1) is 9.38. The molecule has 19 heavy (non-hydrogen) atoms. The zero-order valence-corrected chi connectivity index (χ0v) is 10.1. The van der Waals surface area contributed by atoms with E-state index in [1.807, 2.05) is 18.2 Å². The highest BCUT2D eigenvalue weighted by molar-refractivity contribution is 5.43. The van der Waals surface area contributed by atoms with Gasteiger partial charge >= 0.3 is 0 Å². The molecule has 1 aliphatic rings. The maximum absolute atomic E-state index is 5.42. The van der Waals surface area contributed by atoms with Crippen molar-refractivity contribution >= 4 is 0 Å². The van der Waals surface area contributed by atoms with Gasteiger partial charge in [0.15, 0.2) is 5.82 Å². The summed E-state index contributed by atoms with van der Waals surface area (Å²) >= 11 is 0. The molecule has 2 aromatic heterocycles. The third-order valence-electron chi connectivity index (χ3n) is 3.54. The lowest BCUT2D eigenvalue weighted by Crippen LogP contribution is -2.08. The van der Waals surface area contributed by atoms with Crippen LogP contribution in [0.3, 0.4) is 0 Å². The highest BCUT2D eigenvalue weighted by Gasteiger charge is 2.50. The Balaban J connectivity index is 1.74. The van der Waals surface area contributed by atoms with Gasteiger partial charge in [-0.2, -0.15) is 10.1 Å². The number of nitrogens with zero attached hydrogens (tertiary/aromatic N) is 4. The van der Waals surface area contributed by atoms with Gasteiger partial charge in [0, 0.05) is 0 Å². The average Bonchev–Trinajstić information content (AvgIpc) is 2.92. The van der Waals surface area contributed by atoms with Crippen LogP contribution in [0.2, 0.25) is 0 Å². The van der Waals surface area contributed by atoms with Gasteiger partial charge in [-0.15, -0.1) is 0 Å². The first kappa shape index (κ1) is 10.4. The van der Waals surface area contributed by atoms with E-state index in [0.29, 0.717) is 17.5 Å². The van der Waals surface area contributed by atoms with E-state index in [0.717, 1.165) is 12.8 Å². The van der Waals surface area contributed by atoms with E-state index in [-0.39, 0.29) is 5.41 Å². The van der Waals surface area contributed by atoms with Crippen LogP contribution < -0.4 is 0 Å². The van der Waals surface area contributed by atoms with E-state index in [9.17, 15) is 0 Å². The Hall–Kier alpha value is -2.50. The lowest BCUT2D eigenvalue weighted by atomic mass is 9.96. The van der Waals surface area contributed by atoms with Gasteiger partial charge in [-0.05, 0) is 18.4 Å². The van der Waals surface area contributed by atoms with Gasteiger partial charge in [-0.1, -0.05) is 35.5 Å². The molecule has 0 radical (unpaired) electrons.